The minimum atomic E-state index is -0.830. The number of hydrogen-bond acceptors (Lipinski definition) is 3. The van der Waals surface area contributed by atoms with Crippen LogP contribution in [0.2, 0.25) is 0 Å². The van der Waals surface area contributed by atoms with E-state index in [0.29, 0.717) is 11.4 Å². The summed E-state index contributed by atoms with van der Waals surface area (Å²) >= 11 is 5.75. The molecule has 0 saturated carbocycles. The van der Waals surface area contributed by atoms with Gasteiger partial charge in [0.15, 0.2) is 0 Å². The normalized spacial score (nSPS) is 13.2. The van der Waals surface area contributed by atoms with Gasteiger partial charge in [-0.1, -0.05) is 30.3 Å². The number of carbonyl (C=O) groups excluding carboxylic acids is 2. The van der Waals surface area contributed by atoms with Gasteiger partial charge in [0.1, 0.15) is 17.2 Å². The van der Waals surface area contributed by atoms with E-state index < -0.39 is 17.3 Å². The number of aromatic amines is 1. The number of nitrogens with one attached hydrogen (secondary N) is 3. The Hall–Kier alpha value is -2.34. The smallest absolute Gasteiger partial charge is 0.252 e. The molecule has 0 aliphatic heterocycles. The number of benzene rings is 1. The SMILES string of the molecule is CC(Cl)C(=O)NC(C(=O)Nc1ccn[nH]1)c1ccccc1. The van der Waals surface area contributed by atoms with Gasteiger partial charge >= 0.3 is 0 Å². The number of halogens is 1. The molecule has 0 aliphatic carbocycles. The highest BCUT2D eigenvalue weighted by Crippen LogP contribution is 2.15. The fourth-order valence-electron chi connectivity index (χ4n) is 1.73. The minimum absolute atomic E-state index is 0.379. The lowest BCUT2D eigenvalue weighted by Gasteiger charge is -2.19. The molecule has 2 unspecified atom stereocenters. The fourth-order valence-corrected chi connectivity index (χ4v) is 1.80. The van der Waals surface area contributed by atoms with Crippen molar-refractivity contribution in [2.45, 2.75) is 18.3 Å². The van der Waals surface area contributed by atoms with Crippen molar-refractivity contribution in [3.05, 3.63) is 48.2 Å². The molecule has 110 valence electrons. The van der Waals surface area contributed by atoms with Gasteiger partial charge in [-0.15, -0.1) is 11.6 Å². The third-order valence-electron chi connectivity index (χ3n) is 2.80. The highest BCUT2D eigenvalue weighted by atomic mass is 35.5. The van der Waals surface area contributed by atoms with Gasteiger partial charge in [0.2, 0.25) is 5.91 Å². The van der Waals surface area contributed by atoms with Crippen LogP contribution >= 0.6 is 11.6 Å². The van der Waals surface area contributed by atoms with Crippen molar-refractivity contribution in [1.82, 2.24) is 15.5 Å². The molecular formula is C14H15ClN4O2. The zero-order chi connectivity index (χ0) is 15.2. The zero-order valence-electron chi connectivity index (χ0n) is 11.3. The second-order valence-electron chi connectivity index (χ2n) is 4.43. The van der Waals surface area contributed by atoms with Gasteiger partial charge in [-0.2, -0.15) is 5.10 Å². The van der Waals surface area contributed by atoms with Crippen LogP contribution in [0.5, 0.6) is 0 Å². The van der Waals surface area contributed by atoms with E-state index in [-0.39, 0.29) is 5.91 Å². The standard InChI is InChI=1S/C14H15ClN4O2/c1-9(15)13(20)18-12(10-5-3-2-4-6-10)14(21)17-11-7-8-16-19-11/h2-9,12H,1H3,(H,18,20)(H2,16,17,19,21). The van der Waals surface area contributed by atoms with Gasteiger partial charge in [0.25, 0.3) is 5.91 Å². The van der Waals surface area contributed by atoms with Crippen LogP contribution < -0.4 is 10.6 Å². The first-order valence-corrected chi connectivity index (χ1v) is 6.81. The molecule has 21 heavy (non-hydrogen) atoms. The van der Waals surface area contributed by atoms with Gasteiger partial charge < -0.3 is 10.6 Å². The van der Waals surface area contributed by atoms with Crippen molar-refractivity contribution < 1.29 is 9.59 Å². The number of carbonyl (C=O) groups is 2. The molecule has 1 aromatic carbocycles. The average molecular weight is 307 g/mol. The summed E-state index contributed by atoms with van der Waals surface area (Å²) < 4.78 is 0. The van der Waals surface area contributed by atoms with Crippen LogP contribution in [0.15, 0.2) is 42.6 Å². The molecule has 6 nitrogen and oxygen atoms in total. The van der Waals surface area contributed by atoms with E-state index in [0.717, 1.165) is 0 Å². The molecule has 2 atom stereocenters. The van der Waals surface area contributed by atoms with Crippen molar-refractivity contribution in [2.75, 3.05) is 5.32 Å². The van der Waals surface area contributed by atoms with E-state index in [1.807, 2.05) is 6.07 Å². The second kappa shape index (κ2) is 6.90. The lowest BCUT2D eigenvalue weighted by atomic mass is 10.1. The number of nitrogens with zero attached hydrogens (tertiary/aromatic N) is 1. The molecule has 2 rings (SSSR count). The number of rotatable bonds is 5. The van der Waals surface area contributed by atoms with Crippen LogP contribution in [0.3, 0.4) is 0 Å². The Morgan fingerprint density at radius 3 is 2.48 bits per heavy atom. The number of amides is 2. The summed E-state index contributed by atoms with van der Waals surface area (Å²) in [5, 5.41) is 10.9. The van der Waals surface area contributed by atoms with Gasteiger partial charge in [-0.3, -0.25) is 14.7 Å². The summed E-state index contributed by atoms with van der Waals surface area (Å²) in [6.07, 6.45) is 1.52. The largest absolute Gasteiger partial charge is 0.339 e. The highest BCUT2D eigenvalue weighted by Gasteiger charge is 2.24. The van der Waals surface area contributed by atoms with Gasteiger partial charge in [-0.25, -0.2) is 0 Å². The molecule has 7 heteroatoms. The molecule has 1 heterocycles. The first kappa shape index (κ1) is 15.1. The Kier molecular flexibility index (Phi) is 4.94. The molecule has 0 radical (unpaired) electrons. The summed E-state index contributed by atoms with van der Waals surface area (Å²) in [5.74, 6) is -0.338. The predicted molar refractivity (Wildman–Crippen MR) is 79.9 cm³/mol. The van der Waals surface area contributed by atoms with Crippen LogP contribution in [-0.2, 0) is 9.59 Å². The molecule has 0 aliphatic rings. The summed E-state index contributed by atoms with van der Waals surface area (Å²) in [6.45, 7) is 1.55. The summed E-state index contributed by atoms with van der Waals surface area (Å²) in [5.41, 5.74) is 0.667. The molecule has 2 amide bonds. The predicted octanol–water partition coefficient (Wildman–Crippen LogP) is 1.83. The number of anilines is 1. The monoisotopic (exact) mass is 306 g/mol. The summed E-state index contributed by atoms with van der Waals surface area (Å²) in [4.78, 5) is 24.1. The molecule has 1 aromatic heterocycles. The molecule has 2 aromatic rings. The van der Waals surface area contributed by atoms with Crippen LogP contribution in [0.1, 0.15) is 18.5 Å². The lowest BCUT2D eigenvalue weighted by molar-refractivity contribution is -0.126. The van der Waals surface area contributed by atoms with E-state index in [9.17, 15) is 9.59 Å². The van der Waals surface area contributed by atoms with Gasteiger partial charge in [0.05, 0.1) is 6.20 Å². The van der Waals surface area contributed by atoms with E-state index in [1.54, 1.807) is 37.3 Å². The van der Waals surface area contributed by atoms with E-state index in [2.05, 4.69) is 20.8 Å². The molecule has 0 bridgehead atoms. The van der Waals surface area contributed by atoms with Crippen molar-refractivity contribution in [2.24, 2.45) is 0 Å². The molecule has 3 N–H and O–H groups in total. The number of aromatic nitrogens is 2. The minimum Gasteiger partial charge on any atom is -0.339 e. The maximum Gasteiger partial charge on any atom is 0.252 e. The third kappa shape index (κ3) is 4.06. The zero-order valence-corrected chi connectivity index (χ0v) is 12.1. The second-order valence-corrected chi connectivity index (χ2v) is 5.08. The summed E-state index contributed by atoms with van der Waals surface area (Å²) in [6, 6.07) is 9.73. The maximum absolute atomic E-state index is 12.4. The molecular weight excluding hydrogens is 292 g/mol. The van der Waals surface area contributed by atoms with E-state index >= 15 is 0 Å². The molecule has 0 saturated heterocycles. The third-order valence-corrected chi connectivity index (χ3v) is 3.00. The number of hydrogen-bond donors (Lipinski definition) is 3. The maximum atomic E-state index is 12.4. The Bertz CT molecular complexity index is 599. The fraction of sp³-hybridized carbons (Fsp3) is 0.214. The van der Waals surface area contributed by atoms with Crippen molar-refractivity contribution in [3.63, 3.8) is 0 Å². The van der Waals surface area contributed by atoms with Gasteiger partial charge in [-0.05, 0) is 12.5 Å². The number of alkyl halides is 1. The first-order chi connectivity index (χ1) is 10.1. The lowest BCUT2D eigenvalue weighted by Crippen LogP contribution is -2.39. The van der Waals surface area contributed by atoms with Crippen molar-refractivity contribution in [1.29, 1.82) is 0 Å². The molecule has 0 fully saturated rings. The Morgan fingerprint density at radius 2 is 1.90 bits per heavy atom. The average Bonchev–Trinajstić information content (AvgIpc) is 2.98. The van der Waals surface area contributed by atoms with Crippen LogP contribution in [-0.4, -0.2) is 27.4 Å². The van der Waals surface area contributed by atoms with E-state index in [1.165, 1.54) is 6.20 Å². The Balaban J connectivity index is 2.19. The first-order valence-electron chi connectivity index (χ1n) is 6.37. The number of H-pyrrole nitrogens is 1. The van der Waals surface area contributed by atoms with Crippen molar-refractivity contribution >= 4 is 29.2 Å². The van der Waals surface area contributed by atoms with Crippen LogP contribution in [0.4, 0.5) is 5.82 Å². The quantitative estimate of drug-likeness (QED) is 0.737. The topological polar surface area (TPSA) is 86.9 Å². The summed E-state index contributed by atoms with van der Waals surface area (Å²) in [7, 11) is 0. The Morgan fingerprint density at radius 1 is 1.19 bits per heavy atom. The highest BCUT2D eigenvalue weighted by molar-refractivity contribution is 6.30. The molecule has 0 spiro atoms. The van der Waals surface area contributed by atoms with Crippen LogP contribution in [0.25, 0.3) is 0 Å². The Labute approximate surface area is 126 Å². The van der Waals surface area contributed by atoms with Crippen LogP contribution in [0, 0.1) is 0 Å². The van der Waals surface area contributed by atoms with Gasteiger partial charge in [0, 0.05) is 6.07 Å². The van der Waals surface area contributed by atoms with Crippen molar-refractivity contribution in [3.8, 4) is 0 Å². The van der Waals surface area contributed by atoms with E-state index in [4.69, 9.17) is 11.6 Å².